The van der Waals surface area contributed by atoms with E-state index < -0.39 is 0 Å². The Kier molecular flexibility index (Phi) is 2.65. The van der Waals surface area contributed by atoms with Crippen LogP contribution in [0.5, 0.6) is 0 Å². The maximum Gasteiger partial charge on any atom is 0.0984 e. The summed E-state index contributed by atoms with van der Waals surface area (Å²) in [5, 5.41) is 6.32. The summed E-state index contributed by atoms with van der Waals surface area (Å²) in [5.74, 6) is 0. The minimum atomic E-state index is 0.185. The topological polar surface area (TPSA) is 43.8 Å². The van der Waals surface area contributed by atoms with Gasteiger partial charge in [0, 0.05) is 23.8 Å². The second-order valence-electron chi connectivity index (χ2n) is 3.21. The molecule has 2 rings (SSSR count). The highest BCUT2D eigenvalue weighted by Crippen LogP contribution is 2.25. The standard InChI is InChI=1S/C10H13N3S/c1-8-3-6-14-10(8)9(7-11)13-5-2-4-12-13/h2-6,9H,7,11H2,1H3. The van der Waals surface area contributed by atoms with Crippen molar-refractivity contribution in [3.63, 3.8) is 0 Å². The number of hydrogen-bond donors (Lipinski definition) is 1. The van der Waals surface area contributed by atoms with Gasteiger partial charge in [-0.2, -0.15) is 5.10 Å². The highest BCUT2D eigenvalue weighted by atomic mass is 32.1. The SMILES string of the molecule is Cc1ccsc1C(CN)n1cccn1. The molecule has 1 atom stereocenters. The Bertz CT molecular complexity index is 391. The third-order valence-electron chi connectivity index (χ3n) is 2.27. The summed E-state index contributed by atoms with van der Waals surface area (Å²) in [5.41, 5.74) is 7.06. The third-order valence-corrected chi connectivity index (χ3v) is 3.39. The quantitative estimate of drug-likeness (QED) is 0.834. The van der Waals surface area contributed by atoms with Gasteiger partial charge in [-0.1, -0.05) is 0 Å². The fourth-order valence-electron chi connectivity index (χ4n) is 1.53. The third kappa shape index (κ3) is 1.58. The Labute approximate surface area is 87.2 Å². The van der Waals surface area contributed by atoms with Crippen molar-refractivity contribution in [1.29, 1.82) is 0 Å². The van der Waals surface area contributed by atoms with Crippen molar-refractivity contribution in [3.8, 4) is 0 Å². The molecule has 0 amide bonds. The van der Waals surface area contributed by atoms with E-state index in [2.05, 4.69) is 23.5 Å². The van der Waals surface area contributed by atoms with Crippen molar-refractivity contribution in [3.05, 3.63) is 40.3 Å². The summed E-state index contributed by atoms with van der Waals surface area (Å²) < 4.78 is 1.92. The van der Waals surface area contributed by atoms with Crippen LogP contribution in [-0.4, -0.2) is 16.3 Å². The van der Waals surface area contributed by atoms with E-state index >= 15 is 0 Å². The zero-order valence-electron chi connectivity index (χ0n) is 8.05. The maximum atomic E-state index is 5.77. The minimum absolute atomic E-state index is 0.185. The molecule has 74 valence electrons. The molecule has 2 heterocycles. The zero-order chi connectivity index (χ0) is 9.97. The molecule has 2 N–H and O–H groups in total. The van der Waals surface area contributed by atoms with Crippen LogP contribution in [0, 0.1) is 6.92 Å². The van der Waals surface area contributed by atoms with Crippen molar-refractivity contribution in [2.45, 2.75) is 13.0 Å². The molecule has 0 aromatic carbocycles. The molecule has 14 heavy (non-hydrogen) atoms. The monoisotopic (exact) mass is 207 g/mol. The van der Waals surface area contributed by atoms with Crippen LogP contribution in [0.2, 0.25) is 0 Å². The Morgan fingerprint density at radius 2 is 2.50 bits per heavy atom. The van der Waals surface area contributed by atoms with Crippen LogP contribution in [0.4, 0.5) is 0 Å². The molecular weight excluding hydrogens is 194 g/mol. The predicted octanol–water partition coefficient (Wildman–Crippen LogP) is 1.80. The molecule has 2 aromatic heterocycles. The Balaban J connectivity index is 2.36. The first-order chi connectivity index (χ1) is 6.83. The van der Waals surface area contributed by atoms with E-state index in [0.29, 0.717) is 6.54 Å². The number of nitrogens with two attached hydrogens (primary N) is 1. The van der Waals surface area contributed by atoms with Crippen molar-refractivity contribution in [2.75, 3.05) is 6.54 Å². The van der Waals surface area contributed by atoms with Crippen LogP contribution in [0.25, 0.3) is 0 Å². The summed E-state index contributed by atoms with van der Waals surface area (Å²) in [6.45, 7) is 2.70. The number of nitrogens with zero attached hydrogens (tertiary/aromatic N) is 2. The second-order valence-corrected chi connectivity index (χ2v) is 4.15. The maximum absolute atomic E-state index is 5.77. The smallest absolute Gasteiger partial charge is 0.0984 e. The molecular formula is C10H13N3S. The number of rotatable bonds is 3. The van der Waals surface area contributed by atoms with Crippen LogP contribution in [0.15, 0.2) is 29.9 Å². The van der Waals surface area contributed by atoms with Gasteiger partial charge in [-0.25, -0.2) is 0 Å². The van der Waals surface area contributed by atoms with E-state index in [1.165, 1.54) is 10.4 Å². The van der Waals surface area contributed by atoms with Gasteiger partial charge in [0.1, 0.15) is 0 Å². The molecule has 0 radical (unpaired) electrons. The van der Waals surface area contributed by atoms with Gasteiger partial charge in [-0.3, -0.25) is 4.68 Å². The first-order valence-electron chi connectivity index (χ1n) is 4.56. The van der Waals surface area contributed by atoms with E-state index in [1.54, 1.807) is 17.5 Å². The lowest BCUT2D eigenvalue weighted by atomic mass is 10.2. The van der Waals surface area contributed by atoms with Crippen LogP contribution in [0.1, 0.15) is 16.5 Å². The number of aromatic nitrogens is 2. The molecule has 0 spiro atoms. The average molecular weight is 207 g/mol. The fourth-order valence-corrected chi connectivity index (χ4v) is 2.56. The Morgan fingerprint density at radius 3 is 3.00 bits per heavy atom. The Hall–Kier alpha value is -1.13. The molecule has 3 nitrogen and oxygen atoms in total. The van der Waals surface area contributed by atoms with Crippen molar-refractivity contribution in [1.82, 2.24) is 9.78 Å². The van der Waals surface area contributed by atoms with Gasteiger partial charge in [0.15, 0.2) is 0 Å². The molecule has 0 bridgehead atoms. The largest absolute Gasteiger partial charge is 0.328 e. The summed E-state index contributed by atoms with van der Waals surface area (Å²) >= 11 is 1.74. The molecule has 0 saturated carbocycles. The van der Waals surface area contributed by atoms with Gasteiger partial charge < -0.3 is 5.73 Å². The average Bonchev–Trinajstić information content (AvgIpc) is 2.80. The van der Waals surface area contributed by atoms with Gasteiger partial charge in [0.05, 0.1) is 6.04 Å². The van der Waals surface area contributed by atoms with Crippen molar-refractivity contribution < 1.29 is 0 Å². The van der Waals surface area contributed by atoms with E-state index in [-0.39, 0.29) is 6.04 Å². The van der Waals surface area contributed by atoms with Gasteiger partial charge in [0.25, 0.3) is 0 Å². The number of hydrogen-bond acceptors (Lipinski definition) is 3. The highest BCUT2D eigenvalue weighted by molar-refractivity contribution is 7.10. The van der Waals surface area contributed by atoms with Crippen LogP contribution in [-0.2, 0) is 0 Å². The Morgan fingerprint density at radius 1 is 1.64 bits per heavy atom. The van der Waals surface area contributed by atoms with Crippen molar-refractivity contribution in [2.24, 2.45) is 5.73 Å². The first-order valence-corrected chi connectivity index (χ1v) is 5.44. The summed E-state index contributed by atoms with van der Waals surface area (Å²) in [6, 6.07) is 4.22. The lowest BCUT2D eigenvalue weighted by molar-refractivity contribution is 0.538. The minimum Gasteiger partial charge on any atom is -0.328 e. The molecule has 2 aromatic rings. The summed E-state index contributed by atoms with van der Waals surface area (Å²) in [6.07, 6.45) is 3.74. The molecule has 1 unspecified atom stereocenters. The van der Waals surface area contributed by atoms with Crippen LogP contribution in [0.3, 0.4) is 0 Å². The summed E-state index contributed by atoms with van der Waals surface area (Å²) in [7, 11) is 0. The number of thiophene rings is 1. The van der Waals surface area contributed by atoms with Gasteiger partial charge in [-0.15, -0.1) is 11.3 Å². The van der Waals surface area contributed by atoms with Gasteiger partial charge in [0.2, 0.25) is 0 Å². The lowest BCUT2D eigenvalue weighted by Gasteiger charge is -2.14. The normalized spacial score (nSPS) is 13.0. The lowest BCUT2D eigenvalue weighted by Crippen LogP contribution is -2.20. The highest BCUT2D eigenvalue weighted by Gasteiger charge is 2.15. The predicted molar refractivity (Wildman–Crippen MR) is 58.5 cm³/mol. The van der Waals surface area contributed by atoms with Gasteiger partial charge >= 0.3 is 0 Å². The van der Waals surface area contributed by atoms with Crippen molar-refractivity contribution >= 4 is 11.3 Å². The van der Waals surface area contributed by atoms with E-state index in [1.807, 2.05) is 16.9 Å². The van der Waals surface area contributed by atoms with E-state index in [9.17, 15) is 0 Å². The molecule has 0 fully saturated rings. The fraction of sp³-hybridized carbons (Fsp3) is 0.300. The molecule has 0 aliphatic rings. The summed E-state index contributed by atoms with van der Waals surface area (Å²) in [4.78, 5) is 1.30. The van der Waals surface area contributed by atoms with Crippen LogP contribution < -0.4 is 5.73 Å². The first kappa shape index (κ1) is 9.43. The second kappa shape index (κ2) is 3.94. The van der Waals surface area contributed by atoms with E-state index in [0.717, 1.165) is 0 Å². The number of aryl methyl sites for hydroxylation is 1. The van der Waals surface area contributed by atoms with E-state index in [4.69, 9.17) is 5.73 Å². The molecule has 0 aliphatic heterocycles. The van der Waals surface area contributed by atoms with Crippen LogP contribution >= 0.6 is 11.3 Å². The zero-order valence-corrected chi connectivity index (χ0v) is 8.87. The molecule has 4 heteroatoms. The molecule has 0 saturated heterocycles. The van der Waals surface area contributed by atoms with Gasteiger partial charge in [-0.05, 0) is 30.0 Å². The molecule has 0 aliphatic carbocycles.